The van der Waals surface area contributed by atoms with Crippen LogP contribution in [0.25, 0.3) is 0 Å². The zero-order valence-electron chi connectivity index (χ0n) is 10.1. The summed E-state index contributed by atoms with van der Waals surface area (Å²) in [6.45, 7) is 0.254. The molecular weight excluding hydrogens is 389 g/mol. The summed E-state index contributed by atoms with van der Waals surface area (Å²) < 4.78 is 19.2. The summed E-state index contributed by atoms with van der Waals surface area (Å²) in [5.74, 6) is 0.411. The third-order valence-corrected chi connectivity index (χ3v) is 3.99. The first-order valence-electron chi connectivity index (χ1n) is 5.62. The van der Waals surface area contributed by atoms with Gasteiger partial charge >= 0.3 is 0 Å². The Morgan fingerprint density at radius 1 is 1.15 bits per heavy atom. The van der Waals surface area contributed by atoms with Gasteiger partial charge in [0.25, 0.3) is 0 Å². The van der Waals surface area contributed by atoms with Crippen LogP contribution in [-0.2, 0) is 12.5 Å². The van der Waals surface area contributed by atoms with E-state index in [2.05, 4.69) is 15.9 Å². The average molecular weight is 398 g/mol. The number of rotatable bonds is 4. The van der Waals surface area contributed by atoms with E-state index in [0.717, 1.165) is 5.56 Å². The third-order valence-electron chi connectivity index (χ3n) is 2.60. The number of halogens is 5. The Morgan fingerprint density at radius 2 is 1.90 bits per heavy atom. The van der Waals surface area contributed by atoms with Gasteiger partial charge in [-0.3, -0.25) is 0 Å². The quantitative estimate of drug-likeness (QED) is 0.556. The Labute approximate surface area is 139 Å². The molecule has 0 unspecified atom stereocenters. The number of ether oxygens (including phenoxy) is 1. The molecule has 0 saturated carbocycles. The van der Waals surface area contributed by atoms with Gasteiger partial charge in [-0.1, -0.05) is 29.3 Å². The lowest BCUT2D eigenvalue weighted by Gasteiger charge is -2.12. The highest BCUT2D eigenvalue weighted by molar-refractivity contribution is 9.10. The summed E-state index contributed by atoms with van der Waals surface area (Å²) in [5, 5.41) is 0.900. The highest BCUT2D eigenvalue weighted by Crippen LogP contribution is 2.34. The van der Waals surface area contributed by atoms with Crippen molar-refractivity contribution in [3.63, 3.8) is 0 Å². The standard InChI is InChI=1S/C14H9BrCl3FO/c15-11-3-8(1-2-13(11)19)7-20-14-9(6-16)4-10(17)5-12(14)18/h1-5H,6-7H2. The van der Waals surface area contributed by atoms with Crippen LogP contribution in [0.5, 0.6) is 5.75 Å². The Bertz CT molecular complexity index is 634. The molecule has 0 radical (unpaired) electrons. The summed E-state index contributed by atoms with van der Waals surface area (Å²) in [7, 11) is 0. The van der Waals surface area contributed by atoms with Crippen LogP contribution in [0.2, 0.25) is 10.0 Å². The third kappa shape index (κ3) is 3.79. The van der Waals surface area contributed by atoms with Gasteiger partial charge in [0, 0.05) is 10.6 Å². The lowest BCUT2D eigenvalue weighted by molar-refractivity contribution is 0.304. The smallest absolute Gasteiger partial charge is 0.142 e. The fraction of sp³-hybridized carbons (Fsp3) is 0.143. The topological polar surface area (TPSA) is 9.23 Å². The lowest BCUT2D eigenvalue weighted by Crippen LogP contribution is -1.99. The fourth-order valence-electron chi connectivity index (χ4n) is 1.66. The number of alkyl halides is 1. The predicted molar refractivity (Wildman–Crippen MR) is 84.5 cm³/mol. The van der Waals surface area contributed by atoms with E-state index in [-0.39, 0.29) is 18.3 Å². The van der Waals surface area contributed by atoms with Crippen molar-refractivity contribution in [3.05, 3.63) is 61.8 Å². The van der Waals surface area contributed by atoms with Crippen LogP contribution >= 0.6 is 50.7 Å². The molecule has 0 spiro atoms. The molecule has 0 amide bonds. The molecule has 2 aromatic carbocycles. The van der Waals surface area contributed by atoms with Gasteiger partial charge in [0.05, 0.1) is 15.4 Å². The van der Waals surface area contributed by atoms with Gasteiger partial charge in [0.2, 0.25) is 0 Å². The fourth-order valence-corrected chi connectivity index (χ4v) is 2.87. The summed E-state index contributed by atoms with van der Waals surface area (Å²) in [4.78, 5) is 0. The van der Waals surface area contributed by atoms with E-state index >= 15 is 0 Å². The van der Waals surface area contributed by atoms with Crippen molar-refractivity contribution >= 4 is 50.7 Å². The first-order chi connectivity index (χ1) is 9.51. The largest absolute Gasteiger partial charge is 0.487 e. The van der Waals surface area contributed by atoms with Gasteiger partial charge < -0.3 is 4.74 Å². The molecule has 0 aliphatic rings. The second-order valence-electron chi connectivity index (χ2n) is 4.05. The molecule has 2 aromatic rings. The van der Waals surface area contributed by atoms with Crippen LogP contribution in [0.3, 0.4) is 0 Å². The van der Waals surface area contributed by atoms with Crippen molar-refractivity contribution in [2.75, 3.05) is 0 Å². The monoisotopic (exact) mass is 396 g/mol. The molecule has 1 nitrogen and oxygen atoms in total. The molecule has 0 fully saturated rings. The molecule has 2 rings (SSSR count). The van der Waals surface area contributed by atoms with Crippen molar-refractivity contribution in [1.29, 1.82) is 0 Å². The van der Waals surface area contributed by atoms with Crippen molar-refractivity contribution in [2.24, 2.45) is 0 Å². The van der Waals surface area contributed by atoms with E-state index in [1.54, 1.807) is 24.3 Å². The van der Waals surface area contributed by atoms with Gasteiger partial charge in [-0.2, -0.15) is 0 Å². The van der Waals surface area contributed by atoms with Crippen LogP contribution in [0.1, 0.15) is 11.1 Å². The zero-order valence-corrected chi connectivity index (χ0v) is 14.0. The molecule has 0 bridgehead atoms. The molecule has 0 N–H and O–H groups in total. The molecule has 0 heterocycles. The normalized spacial score (nSPS) is 10.7. The van der Waals surface area contributed by atoms with Crippen molar-refractivity contribution < 1.29 is 9.13 Å². The highest BCUT2D eigenvalue weighted by atomic mass is 79.9. The maximum Gasteiger partial charge on any atom is 0.142 e. The number of hydrogen-bond donors (Lipinski definition) is 0. The maximum absolute atomic E-state index is 13.1. The average Bonchev–Trinajstić information content (AvgIpc) is 2.40. The number of benzene rings is 2. The predicted octanol–water partition coefficient (Wildman–Crippen LogP) is 6.21. The molecule has 0 aliphatic heterocycles. The summed E-state index contributed by atoms with van der Waals surface area (Å²) in [5.41, 5.74) is 1.52. The molecule has 0 aromatic heterocycles. The first kappa shape index (κ1) is 15.9. The van der Waals surface area contributed by atoms with Gasteiger partial charge in [-0.15, -0.1) is 11.6 Å². The van der Waals surface area contributed by atoms with Gasteiger partial charge in [0.15, 0.2) is 0 Å². The van der Waals surface area contributed by atoms with Crippen molar-refractivity contribution in [1.82, 2.24) is 0 Å². The maximum atomic E-state index is 13.1. The second kappa shape index (κ2) is 6.99. The van der Waals surface area contributed by atoms with E-state index in [9.17, 15) is 4.39 Å². The van der Waals surface area contributed by atoms with Crippen molar-refractivity contribution in [2.45, 2.75) is 12.5 Å². The van der Waals surface area contributed by atoms with Gasteiger partial charge in [-0.25, -0.2) is 4.39 Å². The van der Waals surface area contributed by atoms with Crippen LogP contribution in [0.4, 0.5) is 4.39 Å². The Balaban J connectivity index is 2.20. The molecular formula is C14H9BrCl3FO. The number of hydrogen-bond acceptors (Lipinski definition) is 1. The van der Waals surface area contributed by atoms with Crippen LogP contribution in [0, 0.1) is 5.82 Å². The lowest BCUT2D eigenvalue weighted by atomic mass is 10.2. The van der Waals surface area contributed by atoms with Crippen LogP contribution in [-0.4, -0.2) is 0 Å². The van der Waals surface area contributed by atoms with E-state index in [0.29, 0.717) is 25.8 Å². The van der Waals surface area contributed by atoms with Crippen LogP contribution < -0.4 is 4.74 Å². The molecule has 0 atom stereocenters. The molecule has 0 aliphatic carbocycles. The van der Waals surface area contributed by atoms with E-state index in [1.807, 2.05) is 0 Å². The Hall–Kier alpha value is -0.480. The van der Waals surface area contributed by atoms with E-state index < -0.39 is 0 Å². The Kier molecular flexibility index (Phi) is 5.56. The minimum Gasteiger partial charge on any atom is -0.487 e. The summed E-state index contributed by atoms with van der Waals surface area (Å²) in [6, 6.07) is 7.96. The minimum absolute atomic E-state index is 0.239. The molecule has 20 heavy (non-hydrogen) atoms. The summed E-state index contributed by atoms with van der Waals surface area (Å²) in [6.07, 6.45) is 0. The minimum atomic E-state index is -0.320. The van der Waals surface area contributed by atoms with Gasteiger partial charge in [-0.05, 0) is 45.8 Å². The summed E-state index contributed by atoms with van der Waals surface area (Å²) >= 11 is 21.0. The van der Waals surface area contributed by atoms with E-state index in [1.165, 1.54) is 6.07 Å². The van der Waals surface area contributed by atoms with Crippen LogP contribution in [0.15, 0.2) is 34.8 Å². The van der Waals surface area contributed by atoms with E-state index in [4.69, 9.17) is 39.5 Å². The second-order valence-corrected chi connectivity index (χ2v) is 6.01. The zero-order chi connectivity index (χ0) is 14.7. The van der Waals surface area contributed by atoms with Gasteiger partial charge in [0.1, 0.15) is 18.2 Å². The molecule has 6 heteroatoms. The SMILES string of the molecule is Fc1ccc(COc2c(Cl)cc(Cl)cc2CCl)cc1Br. The van der Waals surface area contributed by atoms with Crippen molar-refractivity contribution in [3.8, 4) is 5.75 Å². The highest BCUT2D eigenvalue weighted by Gasteiger charge is 2.11. The first-order valence-corrected chi connectivity index (χ1v) is 7.70. The Morgan fingerprint density at radius 3 is 2.55 bits per heavy atom. The molecule has 0 saturated heterocycles. The molecule has 106 valence electrons.